The average molecular weight is 272 g/mol. The Bertz CT molecular complexity index is 503. The molecule has 0 aliphatic heterocycles. The molecule has 0 saturated carbocycles. The standard InChI is InChI=1S/C11H11ClFN3S/c1-16(7-10-11(12)17-15-14-10)6-8-3-2-4-9(13)5-8/h2-5H,6-7H2,1H3. The number of rotatable bonds is 4. The summed E-state index contributed by atoms with van der Waals surface area (Å²) in [7, 11) is 1.93. The van der Waals surface area contributed by atoms with E-state index in [0.717, 1.165) is 11.3 Å². The normalized spacial score (nSPS) is 11.1. The third kappa shape index (κ3) is 3.46. The van der Waals surface area contributed by atoms with Crippen molar-refractivity contribution in [3.63, 3.8) is 0 Å². The van der Waals surface area contributed by atoms with Crippen LogP contribution in [-0.4, -0.2) is 21.5 Å². The lowest BCUT2D eigenvalue weighted by atomic mass is 10.2. The van der Waals surface area contributed by atoms with Gasteiger partial charge in [-0.2, -0.15) is 0 Å². The van der Waals surface area contributed by atoms with Crippen LogP contribution in [0, 0.1) is 5.82 Å². The van der Waals surface area contributed by atoms with Gasteiger partial charge in [0.2, 0.25) is 0 Å². The molecule has 1 aromatic carbocycles. The number of benzene rings is 1. The van der Waals surface area contributed by atoms with E-state index < -0.39 is 0 Å². The second-order valence-electron chi connectivity index (χ2n) is 3.80. The van der Waals surface area contributed by atoms with Crippen molar-refractivity contribution in [2.45, 2.75) is 13.1 Å². The second kappa shape index (κ2) is 5.53. The first-order valence-electron chi connectivity index (χ1n) is 5.05. The van der Waals surface area contributed by atoms with Crippen molar-refractivity contribution in [3.05, 3.63) is 45.7 Å². The van der Waals surface area contributed by atoms with Crippen LogP contribution in [0.25, 0.3) is 0 Å². The Labute approximate surface area is 108 Å². The summed E-state index contributed by atoms with van der Waals surface area (Å²) in [6.45, 7) is 1.25. The van der Waals surface area contributed by atoms with Crippen molar-refractivity contribution in [2.75, 3.05) is 7.05 Å². The number of hydrogen-bond acceptors (Lipinski definition) is 4. The van der Waals surface area contributed by atoms with Gasteiger partial charge in [-0.25, -0.2) is 4.39 Å². The maximum absolute atomic E-state index is 13.0. The maximum atomic E-state index is 13.0. The SMILES string of the molecule is CN(Cc1cccc(F)c1)Cc1nnsc1Cl. The van der Waals surface area contributed by atoms with Gasteiger partial charge >= 0.3 is 0 Å². The molecule has 0 unspecified atom stereocenters. The molecule has 1 heterocycles. The van der Waals surface area contributed by atoms with Gasteiger partial charge in [0.15, 0.2) is 0 Å². The van der Waals surface area contributed by atoms with Crippen LogP contribution in [0.15, 0.2) is 24.3 Å². The largest absolute Gasteiger partial charge is 0.296 e. The molecule has 0 aliphatic carbocycles. The molecule has 90 valence electrons. The minimum Gasteiger partial charge on any atom is -0.296 e. The van der Waals surface area contributed by atoms with E-state index in [1.807, 2.05) is 18.0 Å². The van der Waals surface area contributed by atoms with Gasteiger partial charge in [0, 0.05) is 24.6 Å². The Hall–Kier alpha value is -1.04. The third-order valence-electron chi connectivity index (χ3n) is 2.27. The van der Waals surface area contributed by atoms with Crippen molar-refractivity contribution < 1.29 is 4.39 Å². The van der Waals surface area contributed by atoms with Crippen molar-refractivity contribution in [3.8, 4) is 0 Å². The summed E-state index contributed by atoms with van der Waals surface area (Å²) in [6.07, 6.45) is 0. The van der Waals surface area contributed by atoms with E-state index in [1.165, 1.54) is 23.7 Å². The molecular formula is C11H11ClFN3S. The monoisotopic (exact) mass is 271 g/mol. The highest BCUT2D eigenvalue weighted by Crippen LogP contribution is 2.19. The Kier molecular flexibility index (Phi) is 4.04. The fourth-order valence-corrected chi connectivity index (χ4v) is 2.16. The summed E-state index contributed by atoms with van der Waals surface area (Å²) in [5.74, 6) is -0.218. The van der Waals surface area contributed by atoms with Crippen LogP contribution in [-0.2, 0) is 13.1 Å². The van der Waals surface area contributed by atoms with Crippen LogP contribution in [0.2, 0.25) is 4.34 Å². The molecule has 0 spiro atoms. The molecular weight excluding hydrogens is 261 g/mol. The number of nitrogens with zero attached hydrogens (tertiary/aromatic N) is 3. The van der Waals surface area contributed by atoms with E-state index in [-0.39, 0.29) is 5.82 Å². The van der Waals surface area contributed by atoms with Gasteiger partial charge in [-0.1, -0.05) is 28.2 Å². The van der Waals surface area contributed by atoms with Crippen LogP contribution in [0.4, 0.5) is 4.39 Å². The first-order valence-corrected chi connectivity index (χ1v) is 6.20. The fourth-order valence-electron chi connectivity index (χ4n) is 1.55. The number of aromatic nitrogens is 2. The summed E-state index contributed by atoms with van der Waals surface area (Å²) in [5.41, 5.74) is 1.68. The third-order valence-corrected chi connectivity index (χ3v) is 3.25. The zero-order valence-electron chi connectivity index (χ0n) is 9.23. The fraction of sp³-hybridized carbons (Fsp3) is 0.273. The van der Waals surface area contributed by atoms with Crippen LogP contribution in [0.3, 0.4) is 0 Å². The van der Waals surface area contributed by atoms with Gasteiger partial charge in [-0.3, -0.25) is 4.90 Å². The summed E-state index contributed by atoms with van der Waals surface area (Å²) in [4.78, 5) is 2.01. The first kappa shape index (κ1) is 12.4. The van der Waals surface area contributed by atoms with Crippen LogP contribution >= 0.6 is 23.1 Å². The van der Waals surface area contributed by atoms with Gasteiger partial charge < -0.3 is 0 Å². The summed E-state index contributed by atoms with van der Waals surface area (Å²) < 4.78 is 17.4. The molecule has 6 heteroatoms. The molecule has 0 saturated heterocycles. The van der Waals surface area contributed by atoms with Crippen molar-refractivity contribution >= 4 is 23.1 Å². The minimum absolute atomic E-state index is 0.218. The molecule has 2 rings (SSSR count). The Morgan fingerprint density at radius 2 is 2.24 bits per heavy atom. The zero-order chi connectivity index (χ0) is 12.3. The van der Waals surface area contributed by atoms with E-state index in [9.17, 15) is 4.39 Å². The lowest BCUT2D eigenvalue weighted by Crippen LogP contribution is -2.17. The molecule has 3 nitrogen and oxygen atoms in total. The van der Waals surface area contributed by atoms with Gasteiger partial charge in [0.25, 0.3) is 0 Å². The van der Waals surface area contributed by atoms with Crippen molar-refractivity contribution in [2.24, 2.45) is 0 Å². The molecule has 0 atom stereocenters. The quantitative estimate of drug-likeness (QED) is 0.856. The zero-order valence-corrected chi connectivity index (χ0v) is 10.8. The van der Waals surface area contributed by atoms with E-state index >= 15 is 0 Å². The van der Waals surface area contributed by atoms with Crippen LogP contribution in [0.1, 0.15) is 11.3 Å². The Balaban J connectivity index is 1.98. The van der Waals surface area contributed by atoms with Crippen LogP contribution < -0.4 is 0 Å². The number of halogens is 2. The average Bonchev–Trinajstić information content (AvgIpc) is 2.64. The minimum atomic E-state index is -0.218. The predicted molar refractivity (Wildman–Crippen MR) is 66.5 cm³/mol. The van der Waals surface area contributed by atoms with E-state index in [4.69, 9.17) is 11.6 Å². The molecule has 0 radical (unpaired) electrons. The Morgan fingerprint density at radius 1 is 1.41 bits per heavy atom. The molecule has 0 N–H and O–H groups in total. The van der Waals surface area contributed by atoms with Crippen molar-refractivity contribution in [1.29, 1.82) is 0 Å². The lowest BCUT2D eigenvalue weighted by Gasteiger charge is -2.15. The van der Waals surface area contributed by atoms with Crippen molar-refractivity contribution in [1.82, 2.24) is 14.5 Å². The van der Waals surface area contributed by atoms with E-state index in [1.54, 1.807) is 6.07 Å². The van der Waals surface area contributed by atoms with Gasteiger partial charge in [0.1, 0.15) is 15.8 Å². The van der Waals surface area contributed by atoms with Gasteiger partial charge in [-0.15, -0.1) is 5.10 Å². The predicted octanol–water partition coefficient (Wildman–Crippen LogP) is 2.96. The molecule has 0 aliphatic rings. The molecule has 1 aromatic heterocycles. The van der Waals surface area contributed by atoms with Crippen LogP contribution in [0.5, 0.6) is 0 Å². The second-order valence-corrected chi connectivity index (χ2v) is 5.15. The highest BCUT2D eigenvalue weighted by molar-refractivity contribution is 7.10. The summed E-state index contributed by atoms with van der Waals surface area (Å²) in [6, 6.07) is 6.55. The van der Waals surface area contributed by atoms with Gasteiger partial charge in [0.05, 0.1) is 0 Å². The number of hydrogen-bond donors (Lipinski definition) is 0. The topological polar surface area (TPSA) is 29.0 Å². The van der Waals surface area contributed by atoms with E-state index in [0.29, 0.717) is 17.4 Å². The summed E-state index contributed by atoms with van der Waals surface area (Å²) in [5, 5.41) is 3.94. The van der Waals surface area contributed by atoms with Gasteiger partial charge in [-0.05, 0) is 24.7 Å². The van der Waals surface area contributed by atoms with E-state index in [2.05, 4.69) is 9.59 Å². The highest BCUT2D eigenvalue weighted by Gasteiger charge is 2.09. The Morgan fingerprint density at radius 3 is 2.88 bits per heavy atom. The summed E-state index contributed by atoms with van der Waals surface area (Å²) >= 11 is 7.09. The first-order chi connectivity index (χ1) is 8.15. The molecule has 0 bridgehead atoms. The molecule has 2 aromatic rings. The lowest BCUT2D eigenvalue weighted by molar-refractivity contribution is 0.314. The molecule has 17 heavy (non-hydrogen) atoms. The maximum Gasteiger partial charge on any atom is 0.138 e. The highest BCUT2D eigenvalue weighted by atomic mass is 35.5. The smallest absolute Gasteiger partial charge is 0.138 e. The molecule has 0 amide bonds. The molecule has 0 fully saturated rings.